The molecule has 0 bridgehead atoms. The van der Waals surface area contributed by atoms with E-state index in [1.54, 1.807) is 25.3 Å². The minimum atomic E-state index is -0.181. The molecule has 0 aliphatic rings. The van der Waals surface area contributed by atoms with Gasteiger partial charge >= 0.3 is 0 Å². The van der Waals surface area contributed by atoms with Crippen molar-refractivity contribution in [2.45, 2.75) is 13.5 Å². The van der Waals surface area contributed by atoms with E-state index in [0.29, 0.717) is 17.3 Å². The summed E-state index contributed by atoms with van der Waals surface area (Å²) in [5.41, 5.74) is 2.55. The van der Waals surface area contributed by atoms with Crippen LogP contribution in [0.25, 0.3) is 11.6 Å². The number of nitrogens with zero attached hydrogens (tertiary/aromatic N) is 2. The van der Waals surface area contributed by atoms with Crippen LogP contribution >= 0.6 is 0 Å². The first-order chi connectivity index (χ1) is 12.7. The van der Waals surface area contributed by atoms with Crippen LogP contribution in [0, 0.1) is 0 Å². The Bertz CT molecular complexity index is 917. The van der Waals surface area contributed by atoms with Gasteiger partial charge in [0.05, 0.1) is 13.7 Å². The highest BCUT2D eigenvalue weighted by Crippen LogP contribution is 2.21. The molecule has 0 unspecified atom stereocenters. The molecule has 6 heteroatoms. The van der Waals surface area contributed by atoms with Crippen LogP contribution in [0.1, 0.15) is 34.6 Å². The minimum Gasteiger partial charge on any atom is -0.497 e. The molecular weight excluding hydrogens is 330 g/mol. The Morgan fingerprint density at radius 1 is 1.15 bits per heavy atom. The zero-order chi connectivity index (χ0) is 18.4. The smallest absolute Gasteiger partial charge is 0.251 e. The Balaban J connectivity index is 1.64. The molecule has 0 radical (unpaired) electrons. The van der Waals surface area contributed by atoms with E-state index in [-0.39, 0.29) is 12.5 Å². The van der Waals surface area contributed by atoms with Crippen molar-refractivity contribution < 1.29 is 14.1 Å². The standard InChI is InChI=1S/C20H19N3O3/c1-14(16-9-6-10-17(12-16)25-2)11-19-22-18(23-26-19)13-21-20(24)15-7-4-3-5-8-15/h3-12H,13H2,1-2H3,(H,21,24). The summed E-state index contributed by atoms with van der Waals surface area (Å²) in [4.78, 5) is 16.3. The van der Waals surface area contributed by atoms with Crippen LogP contribution in [0.2, 0.25) is 0 Å². The molecule has 0 aliphatic heterocycles. The Hall–Kier alpha value is -3.41. The van der Waals surface area contributed by atoms with Crippen LogP contribution in [-0.4, -0.2) is 23.2 Å². The van der Waals surface area contributed by atoms with Gasteiger partial charge in [0, 0.05) is 11.6 Å². The van der Waals surface area contributed by atoms with Crippen molar-refractivity contribution in [3.8, 4) is 5.75 Å². The lowest BCUT2D eigenvalue weighted by atomic mass is 10.1. The predicted octanol–water partition coefficient (Wildman–Crippen LogP) is 3.57. The number of carbonyl (C=O) groups is 1. The van der Waals surface area contributed by atoms with Crippen LogP contribution in [0.3, 0.4) is 0 Å². The van der Waals surface area contributed by atoms with E-state index >= 15 is 0 Å². The molecule has 0 fully saturated rings. The molecule has 1 amide bonds. The van der Waals surface area contributed by atoms with E-state index in [9.17, 15) is 4.79 Å². The van der Waals surface area contributed by atoms with Gasteiger partial charge in [-0.2, -0.15) is 4.98 Å². The first-order valence-electron chi connectivity index (χ1n) is 8.14. The Labute approximate surface area is 151 Å². The summed E-state index contributed by atoms with van der Waals surface area (Å²) >= 11 is 0. The van der Waals surface area contributed by atoms with E-state index in [1.807, 2.05) is 49.4 Å². The summed E-state index contributed by atoms with van der Waals surface area (Å²) in [6.07, 6.45) is 1.80. The van der Waals surface area contributed by atoms with Crippen LogP contribution in [-0.2, 0) is 6.54 Å². The molecule has 0 saturated heterocycles. The van der Waals surface area contributed by atoms with Crippen molar-refractivity contribution in [1.29, 1.82) is 0 Å². The van der Waals surface area contributed by atoms with E-state index < -0.39 is 0 Å². The first kappa shape index (κ1) is 17.4. The van der Waals surface area contributed by atoms with Crippen molar-refractivity contribution in [1.82, 2.24) is 15.5 Å². The molecule has 6 nitrogen and oxygen atoms in total. The normalized spacial score (nSPS) is 11.2. The van der Waals surface area contributed by atoms with Crippen molar-refractivity contribution in [2.24, 2.45) is 0 Å². The number of rotatable bonds is 6. The first-order valence-corrected chi connectivity index (χ1v) is 8.14. The number of hydrogen-bond donors (Lipinski definition) is 1. The summed E-state index contributed by atoms with van der Waals surface area (Å²) in [6.45, 7) is 2.15. The number of methoxy groups -OCH3 is 1. The Morgan fingerprint density at radius 2 is 1.92 bits per heavy atom. The number of carbonyl (C=O) groups excluding carboxylic acids is 1. The summed E-state index contributed by atoms with van der Waals surface area (Å²) < 4.78 is 10.5. The lowest BCUT2D eigenvalue weighted by Crippen LogP contribution is -2.23. The zero-order valence-electron chi connectivity index (χ0n) is 14.6. The number of benzene rings is 2. The van der Waals surface area contributed by atoms with Crippen LogP contribution < -0.4 is 10.1 Å². The molecule has 3 aromatic rings. The average molecular weight is 349 g/mol. The highest BCUT2D eigenvalue weighted by Gasteiger charge is 2.09. The second-order valence-electron chi connectivity index (χ2n) is 5.66. The lowest BCUT2D eigenvalue weighted by molar-refractivity contribution is 0.0949. The fourth-order valence-corrected chi connectivity index (χ4v) is 2.39. The summed E-state index contributed by atoms with van der Waals surface area (Å²) in [6, 6.07) is 16.7. The van der Waals surface area contributed by atoms with Crippen molar-refractivity contribution >= 4 is 17.6 Å². The Kier molecular flexibility index (Phi) is 5.43. The van der Waals surface area contributed by atoms with Crippen LogP contribution in [0.4, 0.5) is 0 Å². The Morgan fingerprint density at radius 3 is 2.69 bits per heavy atom. The summed E-state index contributed by atoms with van der Waals surface area (Å²) in [5.74, 6) is 1.40. The van der Waals surface area contributed by atoms with E-state index in [0.717, 1.165) is 16.9 Å². The molecule has 132 valence electrons. The molecule has 3 rings (SSSR count). The molecule has 0 atom stereocenters. The average Bonchev–Trinajstić information content (AvgIpc) is 3.14. The number of allylic oxidation sites excluding steroid dienone is 1. The summed E-state index contributed by atoms with van der Waals surface area (Å²) in [5, 5.41) is 6.66. The van der Waals surface area contributed by atoms with E-state index in [2.05, 4.69) is 15.5 Å². The third kappa shape index (κ3) is 4.36. The minimum absolute atomic E-state index is 0.181. The largest absolute Gasteiger partial charge is 0.497 e. The highest BCUT2D eigenvalue weighted by molar-refractivity contribution is 5.94. The SMILES string of the molecule is COc1cccc(C(C)=Cc2nc(CNC(=O)c3ccccc3)no2)c1. The molecule has 2 aromatic carbocycles. The molecule has 1 heterocycles. The van der Waals surface area contributed by atoms with E-state index in [4.69, 9.17) is 9.26 Å². The molecule has 0 aliphatic carbocycles. The molecular formula is C20H19N3O3. The third-order valence-corrected chi connectivity index (χ3v) is 3.79. The third-order valence-electron chi connectivity index (χ3n) is 3.79. The van der Waals surface area contributed by atoms with Gasteiger partial charge in [-0.05, 0) is 42.3 Å². The number of amides is 1. The van der Waals surface area contributed by atoms with Gasteiger partial charge in [0.15, 0.2) is 5.82 Å². The highest BCUT2D eigenvalue weighted by atomic mass is 16.5. The van der Waals surface area contributed by atoms with Gasteiger partial charge in [-0.25, -0.2) is 0 Å². The van der Waals surface area contributed by atoms with Gasteiger partial charge in [-0.15, -0.1) is 0 Å². The van der Waals surface area contributed by atoms with Gasteiger partial charge in [0.25, 0.3) is 11.8 Å². The summed E-state index contributed by atoms with van der Waals surface area (Å²) in [7, 11) is 1.63. The monoisotopic (exact) mass is 349 g/mol. The van der Waals surface area contributed by atoms with Gasteiger partial charge in [0.2, 0.25) is 0 Å². The zero-order valence-corrected chi connectivity index (χ0v) is 14.6. The van der Waals surface area contributed by atoms with Crippen molar-refractivity contribution in [3.05, 3.63) is 77.4 Å². The fourth-order valence-electron chi connectivity index (χ4n) is 2.39. The molecule has 0 saturated carbocycles. The fraction of sp³-hybridized carbons (Fsp3) is 0.150. The van der Waals surface area contributed by atoms with Crippen molar-refractivity contribution in [3.63, 3.8) is 0 Å². The maximum absolute atomic E-state index is 12.0. The van der Waals surface area contributed by atoms with E-state index in [1.165, 1.54) is 0 Å². The quantitative estimate of drug-likeness (QED) is 0.736. The van der Waals surface area contributed by atoms with Crippen LogP contribution in [0.5, 0.6) is 5.75 Å². The topological polar surface area (TPSA) is 77.2 Å². The molecule has 0 spiro atoms. The van der Waals surface area contributed by atoms with Gasteiger partial charge < -0.3 is 14.6 Å². The van der Waals surface area contributed by atoms with Gasteiger partial charge in [0.1, 0.15) is 5.75 Å². The number of hydrogen-bond acceptors (Lipinski definition) is 5. The van der Waals surface area contributed by atoms with Gasteiger partial charge in [-0.3, -0.25) is 4.79 Å². The number of aromatic nitrogens is 2. The maximum atomic E-state index is 12.0. The van der Waals surface area contributed by atoms with Crippen molar-refractivity contribution in [2.75, 3.05) is 7.11 Å². The predicted molar refractivity (Wildman–Crippen MR) is 98.4 cm³/mol. The number of nitrogens with one attached hydrogen (secondary N) is 1. The number of ether oxygens (including phenoxy) is 1. The second kappa shape index (κ2) is 8.11. The van der Waals surface area contributed by atoms with Gasteiger partial charge in [-0.1, -0.05) is 35.5 Å². The molecule has 1 N–H and O–H groups in total. The maximum Gasteiger partial charge on any atom is 0.251 e. The lowest BCUT2D eigenvalue weighted by Gasteiger charge is -2.03. The van der Waals surface area contributed by atoms with Crippen LogP contribution in [0.15, 0.2) is 59.1 Å². The molecule has 1 aromatic heterocycles. The molecule has 26 heavy (non-hydrogen) atoms. The second-order valence-corrected chi connectivity index (χ2v) is 5.66.